The summed E-state index contributed by atoms with van der Waals surface area (Å²) in [6.07, 6.45) is 63.8. The van der Waals surface area contributed by atoms with Gasteiger partial charge in [-0.2, -0.15) is 0 Å². The number of carbonyl (C=O) groups is 4. The van der Waals surface area contributed by atoms with Gasteiger partial charge in [-0.1, -0.05) is 269 Å². The lowest BCUT2D eigenvalue weighted by Crippen LogP contribution is -2.30. The van der Waals surface area contributed by atoms with Crippen LogP contribution in [0.3, 0.4) is 0 Å². The Bertz CT molecular complexity index is 1980. The second kappa shape index (κ2) is 68.5. The number of ether oxygens (including phenoxy) is 4. The van der Waals surface area contributed by atoms with Crippen LogP contribution in [-0.4, -0.2) is 96.7 Å². The van der Waals surface area contributed by atoms with Crippen molar-refractivity contribution in [2.75, 3.05) is 39.6 Å². The van der Waals surface area contributed by atoms with Gasteiger partial charge in [0, 0.05) is 25.7 Å². The fraction of sp³-hybridized carbons (Fsp3) is 0.840. The zero-order chi connectivity index (χ0) is 69.0. The number of phosphoric acid groups is 2. The zero-order valence-electron chi connectivity index (χ0n) is 59.9. The Hall–Kier alpha value is -2.98. The van der Waals surface area contributed by atoms with E-state index in [1.54, 1.807) is 0 Å². The Morgan fingerprint density at radius 1 is 0.298 bits per heavy atom. The highest BCUT2D eigenvalue weighted by molar-refractivity contribution is 7.47. The van der Waals surface area contributed by atoms with Crippen LogP contribution in [0.4, 0.5) is 0 Å². The van der Waals surface area contributed by atoms with Crippen molar-refractivity contribution >= 4 is 39.5 Å². The summed E-state index contributed by atoms with van der Waals surface area (Å²) in [5.74, 6) is -2.18. The lowest BCUT2D eigenvalue weighted by molar-refractivity contribution is -0.161. The number of aliphatic hydroxyl groups is 1. The van der Waals surface area contributed by atoms with Crippen molar-refractivity contribution in [1.29, 1.82) is 0 Å². The van der Waals surface area contributed by atoms with E-state index in [0.717, 1.165) is 141 Å². The van der Waals surface area contributed by atoms with Gasteiger partial charge in [0.15, 0.2) is 12.2 Å². The van der Waals surface area contributed by atoms with Gasteiger partial charge in [-0.25, -0.2) is 9.13 Å². The molecule has 0 aliphatic carbocycles. The molecule has 2 unspecified atom stereocenters. The summed E-state index contributed by atoms with van der Waals surface area (Å²) in [7, 11) is -9.93. The standard InChI is InChI=1S/C75H138O17P2/c1-5-9-13-17-21-25-29-33-34-38-42-46-50-54-58-62-75(80)92-71(66-86-73(78)60-56-52-48-44-40-36-31-27-23-19-15-11-7-3)68-90-94(83,84)88-64-69(76)63-87-93(81,82)89-67-70(91-74(79)61-57-53-49-45-41-37-32-28-24-20-16-12-8-4)65-85-72(77)59-55-51-47-43-39-35-30-26-22-18-14-10-6-2/h25-27,29-31,33-34,69-71,76H,5-24,28,32,35-68H2,1-4H3,(H,81,82)(H,83,84)/b29-25-,30-26-,31-27-,34-33-/t69-,70+,71+/m0/s1. The van der Waals surface area contributed by atoms with Crippen LogP contribution in [0.2, 0.25) is 0 Å². The van der Waals surface area contributed by atoms with Gasteiger partial charge < -0.3 is 33.8 Å². The lowest BCUT2D eigenvalue weighted by Gasteiger charge is -2.21. The van der Waals surface area contributed by atoms with Gasteiger partial charge in [0.2, 0.25) is 0 Å². The quantitative estimate of drug-likeness (QED) is 0.0128. The highest BCUT2D eigenvalue weighted by Gasteiger charge is 2.30. The van der Waals surface area contributed by atoms with Crippen LogP contribution in [-0.2, 0) is 65.4 Å². The maximum Gasteiger partial charge on any atom is 0.472 e. The molecule has 5 atom stereocenters. The third-order valence-corrected chi connectivity index (χ3v) is 18.2. The van der Waals surface area contributed by atoms with E-state index in [-0.39, 0.29) is 25.7 Å². The molecule has 0 rings (SSSR count). The number of aliphatic hydroxyl groups excluding tert-OH is 1. The maximum absolute atomic E-state index is 13.1. The fourth-order valence-corrected chi connectivity index (χ4v) is 12.0. The molecule has 0 amide bonds. The zero-order valence-corrected chi connectivity index (χ0v) is 61.7. The van der Waals surface area contributed by atoms with E-state index >= 15 is 0 Å². The molecular formula is C75H138O17P2. The van der Waals surface area contributed by atoms with E-state index in [1.807, 2.05) is 0 Å². The van der Waals surface area contributed by atoms with Crippen LogP contribution in [0.15, 0.2) is 48.6 Å². The Morgan fingerprint density at radius 3 is 0.809 bits per heavy atom. The number of hydrogen-bond acceptors (Lipinski definition) is 15. The minimum Gasteiger partial charge on any atom is -0.462 e. The van der Waals surface area contributed by atoms with Crippen LogP contribution < -0.4 is 0 Å². The van der Waals surface area contributed by atoms with Crippen molar-refractivity contribution in [1.82, 2.24) is 0 Å². The largest absolute Gasteiger partial charge is 0.472 e. The Kier molecular flexibility index (Phi) is 66.4. The monoisotopic (exact) mass is 1370 g/mol. The van der Waals surface area contributed by atoms with Crippen molar-refractivity contribution in [3.05, 3.63) is 48.6 Å². The second-order valence-electron chi connectivity index (χ2n) is 25.6. The topological polar surface area (TPSA) is 237 Å². The Morgan fingerprint density at radius 2 is 0.521 bits per heavy atom. The van der Waals surface area contributed by atoms with E-state index < -0.39 is 97.5 Å². The van der Waals surface area contributed by atoms with Crippen LogP contribution >= 0.6 is 15.6 Å². The van der Waals surface area contributed by atoms with Gasteiger partial charge in [-0.05, 0) is 103 Å². The molecule has 0 aliphatic heterocycles. The molecule has 0 aliphatic rings. The van der Waals surface area contributed by atoms with Crippen LogP contribution in [0, 0.1) is 0 Å². The highest BCUT2D eigenvalue weighted by atomic mass is 31.2. The molecule has 0 aromatic carbocycles. The molecule has 0 fully saturated rings. The first kappa shape index (κ1) is 91.0. The number of esters is 4. The number of allylic oxidation sites excluding steroid dienone is 8. The fourth-order valence-electron chi connectivity index (χ4n) is 10.4. The number of phosphoric ester groups is 2. The van der Waals surface area contributed by atoms with Gasteiger partial charge in [0.05, 0.1) is 26.4 Å². The van der Waals surface area contributed by atoms with Crippen LogP contribution in [0.25, 0.3) is 0 Å². The SMILES string of the molecule is CCCCCC/C=C\C=C/CCCCCCCC(=O)O[C@H](COC(=O)CCCCCCC/C=C\CCCCCC)COP(=O)(O)OC[C@@H](O)COP(=O)(O)OC[C@@H](COC(=O)CCCCCCC/C=C\CCCCCC)OC(=O)CCCCCCCCCCCCCCC. The van der Waals surface area contributed by atoms with Crippen molar-refractivity contribution in [2.24, 2.45) is 0 Å². The number of rotatable bonds is 72. The predicted octanol–water partition coefficient (Wildman–Crippen LogP) is 21.3. The minimum absolute atomic E-state index is 0.0804. The van der Waals surface area contributed by atoms with Crippen molar-refractivity contribution in [3.63, 3.8) is 0 Å². The molecule has 0 aromatic heterocycles. The van der Waals surface area contributed by atoms with Crippen molar-refractivity contribution in [3.8, 4) is 0 Å². The predicted molar refractivity (Wildman–Crippen MR) is 381 cm³/mol. The summed E-state index contributed by atoms with van der Waals surface area (Å²) in [5, 5.41) is 10.6. The molecule has 0 spiro atoms. The molecule has 94 heavy (non-hydrogen) atoms. The molecule has 0 saturated heterocycles. The number of carbonyl (C=O) groups excluding carboxylic acids is 4. The molecule has 0 saturated carbocycles. The van der Waals surface area contributed by atoms with Gasteiger partial charge in [-0.15, -0.1) is 0 Å². The Balaban J connectivity index is 5.33. The first-order valence-electron chi connectivity index (χ1n) is 37.9. The first-order chi connectivity index (χ1) is 45.7. The van der Waals surface area contributed by atoms with Gasteiger partial charge in [0.1, 0.15) is 19.3 Å². The third kappa shape index (κ3) is 67.6. The van der Waals surface area contributed by atoms with E-state index in [4.69, 9.17) is 37.0 Å². The van der Waals surface area contributed by atoms with Gasteiger partial charge in [0.25, 0.3) is 0 Å². The average Bonchev–Trinajstić information content (AvgIpc) is 2.26. The van der Waals surface area contributed by atoms with E-state index in [0.29, 0.717) is 25.7 Å². The molecular weight excluding hydrogens is 1230 g/mol. The average molecular weight is 1370 g/mol. The molecule has 3 N–H and O–H groups in total. The smallest absolute Gasteiger partial charge is 0.462 e. The number of hydrogen-bond donors (Lipinski definition) is 3. The van der Waals surface area contributed by atoms with Gasteiger partial charge >= 0.3 is 39.5 Å². The minimum atomic E-state index is -4.97. The van der Waals surface area contributed by atoms with E-state index in [2.05, 4.69) is 76.3 Å². The summed E-state index contributed by atoms with van der Waals surface area (Å²) < 4.78 is 68.4. The highest BCUT2D eigenvalue weighted by Crippen LogP contribution is 2.45. The molecule has 550 valence electrons. The summed E-state index contributed by atoms with van der Waals surface area (Å²) in [6, 6.07) is 0. The van der Waals surface area contributed by atoms with Crippen LogP contribution in [0.5, 0.6) is 0 Å². The summed E-state index contributed by atoms with van der Waals surface area (Å²) in [5.41, 5.74) is 0. The summed E-state index contributed by atoms with van der Waals surface area (Å²) in [6.45, 7) is 4.84. The molecule has 0 aromatic rings. The summed E-state index contributed by atoms with van der Waals surface area (Å²) in [4.78, 5) is 72.7. The molecule has 0 heterocycles. The summed E-state index contributed by atoms with van der Waals surface area (Å²) >= 11 is 0. The third-order valence-electron chi connectivity index (χ3n) is 16.3. The Labute approximate surface area is 572 Å². The molecule has 0 radical (unpaired) electrons. The second-order valence-corrected chi connectivity index (χ2v) is 28.5. The first-order valence-corrected chi connectivity index (χ1v) is 40.9. The lowest BCUT2D eigenvalue weighted by atomic mass is 10.0. The maximum atomic E-state index is 13.1. The van der Waals surface area contributed by atoms with Crippen LogP contribution in [0.1, 0.15) is 349 Å². The molecule has 17 nitrogen and oxygen atoms in total. The van der Waals surface area contributed by atoms with Crippen molar-refractivity contribution < 1.29 is 80.2 Å². The molecule has 0 bridgehead atoms. The van der Waals surface area contributed by atoms with E-state index in [1.165, 1.54) is 128 Å². The number of unbranched alkanes of at least 4 members (excludes halogenated alkanes) is 39. The normalized spacial score (nSPS) is 14.2. The van der Waals surface area contributed by atoms with Gasteiger partial charge in [-0.3, -0.25) is 37.3 Å². The molecule has 19 heteroatoms. The van der Waals surface area contributed by atoms with Crippen molar-refractivity contribution in [2.45, 2.75) is 367 Å². The van der Waals surface area contributed by atoms with E-state index in [9.17, 15) is 43.2 Å².